The van der Waals surface area contributed by atoms with Gasteiger partial charge in [-0.05, 0) is 30.5 Å². The first kappa shape index (κ1) is 14.9. The van der Waals surface area contributed by atoms with Crippen LogP contribution >= 0.6 is 11.8 Å². The monoisotopic (exact) mass is 266 g/mol. The summed E-state index contributed by atoms with van der Waals surface area (Å²) in [5, 5.41) is 3.39. The number of anilines is 2. The Hall–Kier alpha value is -1.16. The van der Waals surface area contributed by atoms with Gasteiger partial charge < -0.3 is 11.1 Å². The van der Waals surface area contributed by atoms with Gasteiger partial charge in [-0.15, -0.1) is 11.8 Å². The lowest BCUT2D eigenvalue weighted by Gasteiger charge is -2.15. The number of nitrogen functional groups attached to an aromatic ring is 1. The van der Waals surface area contributed by atoms with Gasteiger partial charge in [-0.3, -0.25) is 4.79 Å². The van der Waals surface area contributed by atoms with Crippen molar-refractivity contribution in [1.29, 1.82) is 0 Å². The van der Waals surface area contributed by atoms with Crippen molar-refractivity contribution >= 4 is 29.0 Å². The minimum absolute atomic E-state index is 0.0289. The smallest absolute Gasteiger partial charge is 0.234 e. The summed E-state index contributed by atoms with van der Waals surface area (Å²) in [6.45, 7) is 8.39. The molecule has 1 amide bonds. The summed E-state index contributed by atoms with van der Waals surface area (Å²) in [4.78, 5) is 11.8. The van der Waals surface area contributed by atoms with E-state index in [0.717, 1.165) is 11.3 Å². The molecule has 0 heterocycles. The van der Waals surface area contributed by atoms with E-state index < -0.39 is 0 Å². The second kappa shape index (κ2) is 6.69. The van der Waals surface area contributed by atoms with E-state index in [4.69, 9.17) is 5.73 Å². The number of rotatable bonds is 5. The summed E-state index contributed by atoms with van der Waals surface area (Å²) in [6.07, 6.45) is 0. The van der Waals surface area contributed by atoms with E-state index in [0.29, 0.717) is 22.6 Å². The predicted molar refractivity (Wildman–Crippen MR) is 81.0 cm³/mol. The van der Waals surface area contributed by atoms with Crippen LogP contribution in [0.2, 0.25) is 0 Å². The third-order valence-corrected chi connectivity index (χ3v) is 4.56. The number of hydrogen-bond donors (Lipinski definition) is 2. The molecule has 0 saturated heterocycles. The molecule has 1 aromatic rings. The van der Waals surface area contributed by atoms with Crippen LogP contribution in [0.5, 0.6) is 0 Å². The van der Waals surface area contributed by atoms with Gasteiger partial charge in [-0.2, -0.15) is 0 Å². The Kier molecular flexibility index (Phi) is 5.54. The highest BCUT2D eigenvalue weighted by molar-refractivity contribution is 8.00. The molecule has 1 aromatic carbocycles. The lowest BCUT2D eigenvalue weighted by Crippen LogP contribution is -2.18. The highest BCUT2D eigenvalue weighted by Gasteiger charge is 2.11. The molecular formula is C14H22N2OS. The first-order chi connectivity index (χ1) is 8.41. The fourth-order valence-electron chi connectivity index (χ4n) is 1.37. The van der Waals surface area contributed by atoms with Gasteiger partial charge in [0.1, 0.15) is 0 Å². The van der Waals surface area contributed by atoms with Gasteiger partial charge in [0.15, 0.2) is 0 Å². The maximum Gasteiger partial charge on any atom is 0.234 e. The third kappa shape index (κ3) is 4.26. The second-order valence-electron chi connectivity index (χ2n) is 4.83. The number of carbonyl (C=O) groups is 1. The number of carbonyl (C=O) groups excluding carboxylic acids is 1. The van der Waals surface area contributed by atoms with Crippen molar-refractivity contribution in [2.75, 3.05) is 16.8 Å². The van der Waals surface area contributed by atoms with Crippen LogP contribution in [0.15, 0.2) is 18.2 Å². The Labute approximate surface area is 114 Å². The number of amides is 1. The van der Waals surface area contributed by atoms with Crippen molar-refractivity contribution in [2.45, 2.75) is 32.9 Å². The molecule has 1 rings (SSSR count). The van der Waals surface area contributed by atoms with Crippen molar-refractivity contribution in [2.24, 2.45) is 5.92 Å². The Morgan fingerprint density at radius 1 is 1.39 bits per heavy atom. The van der Waals surface area contributed by atoms with Gasteiger partial charge in [-0.1, -0.05) is 26.8 Å². The van der Waals surface area contributed by atoms with E-state index in [1.165, 1.54) is 0 Å². The number of hydrogen-bond acceptors (Lipinski definition) is 3. The molecule has 3 nitrogen and oxygen atoms in total. The summed E-state index contributed by atoms with van der Waals surface area (Å²) in [5.74, 6) is 1.09. The highest BCUT2D eigenvalue weighted by atomic mass is 32.2. The van der Waals surface area contributed by atoms with Crippen molar-refractivity contribution in [1.82, 2.24) is 0 Å². The molecule has 3 N–H and O–H groups in total. The van der Waals surface area contributed by atoms with Crippen molar-refractivity contribution in [3.05, 3.63) is 23.8 Å². The van der Waals surface area contributed by atoms with Gasteiger partial charge >= 0.3 is 0 Å². The zero-order chi connectivity index (χ0) is 13.7. The van der Waals surface area contributed by atoms with Crippen LogP contribution in [0, 0.1) is 12.8 Å². The zero-order valence-electron chi connectivity index (χ0n) is 11.5. The normalized spacial score (nSPS) is 12.5. The maximum absolute atomic E-state index is 11.8. The molecule has 0 aromatic heterocycles. The molecule has 0 fully saturated rings. The maximum atomic E-state index is 11.8. The first-order valence-corrected chi connectivity index (χ1v) is 7.23. The van der Waals surface area contributed by atoms with E-state index >= 15 is 0 Å². The topological polar surface area (TPSA) is 55.1 Å². The molecule has 100 valence electrons. The molecule has 0 radical (unpaired) electrons. The molecule has 18 heavy (non-hydrogen) atoms. The fourth-order valence-corrected chi connectivity index (χ4v) is 2.25. The van der Waals surface area contributed by atoms with Gasteiger partial charge in [0.2, 0.25) is 5.91 Å². The summed E-state index contributed by atoms with van der Waals surface area (Å²) >= 11 is 1.68. The Balaban J connectivity index is 2.52. The van der Waals surface area contributed by atoms with Gasteiger partial charge in [-0.25, -0.2) is 0 Å². The summed E-state index contributed by atoms with van der Waals surface area (Å²) in [7, 11) is 0. The van der Waals surface area contributed by atoms with Crippen LogP contribution in [0.25, 0.3) is 0 Å². The molecular weight excluding hydrogens is 244 g/mol. The van der Waals surface area contributed by atoms with E-state index in [1.807, 2.05) is 25.1 Å². The van der Waals surface area contributed by atoms with Gasteiger partial charge in [0.25, 0.3) is 0 Å². The number of nitrogens with one attached hydrogen (secondary N) is 1. The number of benzene rings is 1. The summed E-state index contributed by atoms with van der Waals surface area (Å²) in [6, 6.07) is 5.56. The van der Waals surface area contributed by atoms with Crippen LogP contribution in [-0.2, 0) is 4.79 Å². The summed E-state index contributed by atoms with van der Waals surface area (Å²) in [5.41, 5.74) is 8.23. The molecule has 0 saturated carbocycles. The van der Waals surface area contributed by atoms with Gasteiger partial charge in [0, 0.05) is 16.6 Å². The molecule has 0 aliphatic heterocycles. The van der Waals surface area contributed by atoms with Gasteiger partial charge in [0.05, 0.1) is 5.75 Å². The average molecular weight is 266 g/mol. The second-order valence-corrected chi connectivity index (χ2v) is 6.19. The van der Waals surface area contributed by atoms with Crippen LogP contribution in [-0.4, -0.2) is 16.9 Å². The zero-order valence-corrected chi connectivity index (χ0v) is 12.3. The molecule has 1 atom stereocenters. The fraction of sp³-hybridized carbons (Fsp3) is 0.500. The summed E-state index contributed by atoms with van der Waals surface area (Å²) < 4.78 is 0. The average Bonchev–Trinajstić information content (AvgIpc) is 2.32. The van der Waals surface area contributed by atoms with Crippen molar-refractivity contribution < 1.29 is 4.79 Å². The standard InChI is InChI=1S/C14H22N2OS/c1-9(2)11(4)18-8-14(17)16-13-7-5-6-12(15)10(13)3/h5-7,9,11H,8,15H2,1-4H3,(H,16,17). The van der Waals surface area contributed by atoms with Crippen LogP contribution in [0.4, 0.5) is 11.4 Å². The van der Waals surface area contributed by atoms with Crippen LogP contribution in [0.1, 0.15) is 26.3 Å². The number of nitrogens with two attached hydrogens (primary N) is 1. The van der Waals surface area contributed by atoms with E-state index in [2.05, 4.69) is 26.1 Å². The number of thioether (sulfide) groups is 1. The molecule has 4 heteroatoms. The van der Waals surface area contributed by atoms with Crippen molar-refractivity contribution in [3.63, 3.8) is 0 Å². The molecule has 1 unspecified atom stereocenters. The SMILES string of the molecule is Cc1c(N)cccc1NC(=O)CSC(C)C(C)C. The Morgan fingerprint density at radius 3 is 2.67 bits per heavy atom. The van der Waals surface area contributed by atoms with Crippen LogP contribution < -0.4 is 11.1 Å². The quantitative estimate of drug-likeness (QED) is 0.804. The van der Waals surface area contributed by atoms with E-state index in [-0.39, 0.29) is 5.91 Å². The van der Waals surface area contributed by atoms with Crippen LogP contribution in [0.3, 0.4) is 0 Å². The lowest BCUT2D eigenvalue weighted by atomic mass is 10.1. The molecule has 0 aliphatic carbocycles. The highest BCUT2D eigenvalue weighted by Crippen LogP contribution is 2.22. The van der Waals surface area contributed by atoms with E-state index in [9.17, 15) is 4.79 Å². The minimum atomic E-state index is 0.0289. The Morgan fingerprint density at radius 2 is 2.06 bits per heavy atom. The minimum Gasteiger partial charge on any atom is -0.398 e. The third-order valence-electron chi connectivity index (χ3n) is 3.07. The largest absolute Gasteiger partial charge is 0.398 e. The first-order valence-electron chi connectivity index (χ1n) is 6.18. The molecule has 0 bridgehead atoms. The Bertz CT molecular complexity index is 418. The molecule has 0 spiro atoms. The predicted octanol–water partition coefficient (Wildman–Crippen LogP) is 3.29. The van der Waals surface area contributed by atoms with E-state index in [1.54, 1.807) is 11.8 Å². The molecule has 0 aliphatic rings. The lowest BCUT2D eigenvalue weighted by molar-refractivity contribution is -0.113. The van der Waals surface area contributed by atoms with Crippen molar-refractivity contribution in [3.8, 4) is 0 Å².